The van der Waals surface area contributed by atoms with Gasteiger partial charge in [0.2, 0.25) is 0 Å². The van der Waals surface area contributed by atoms with E-state index in [0.717, 1.165) is 17.4 Å². The molecule has 1 aliphatic carbocycles. The number of hydrogen-bond acceptors (Lipinski definition) is 1. The molecule has 1 aromatic rings. The van der Waals surface area contributed by atoms with E-state index in [1.807, 2.05) is 0 Å². The molecule has 2 heteroatoms. The first-order chi connectivity index (χ1) is 8.79. The summed E-state index contributed by atoms with van der Waals surface area (Å²) >= 11 is 3.49. The van der Waals surface area contributed by atoms with Crippen LogP contribution in [0.25, 0.3) is 0 Å². The summed E-state index contributed by atoms with van der Waals surface area (Å²) in [6, 6.07) is 9.15. The van der Waals surface area contributed by atoms with Crippen LogP contribution in [0, 0.1) is 0 Å². The normalized spacial score (nSPS) is 16.7. The number of halogens is 1. The molecule has 0 saturated heterocycles. The molecule has 0 spiro atoms. The van der Waals surface area contributed by atoms with E-state index in [-0.39, 0.29) is 0 Å². The Morgan fingerprint density at radius 1 is 1.28 bits per heavy atom. The Hall–Kier alpha value is -0.600. The number of benzene rings is 1. The van der Waals surface area contributed by atoms with Crippen molar-refractivity contribution < 1.29 is 0 Å². The molecule has 1 N–H and O–H groups in total. The van der Waals surface area contributed by atoms with E-state index in [1.54, 1.807) is 5.57 Å². The van der Waals surface area contributed by atoms with Gasteiger partial charge in [-0.3, -0.25) is 0 Å². The lowest BCUT2D eigenvalue weighted by atomic mass is 10.0. The van der Waals surface area contributed by atoms with Gasteiger partial charge >= 0.3 is 0 Å². The van der Waals surface area contributed by atoms with E-state index in [2.05, 4.69) is 58.5 Å². The Kier molecular flexibility index (Phi) is 5.45. The van der Waals surface area contributed by atoms with Gasteiger partial charge < -0.3 is 5.32 Å². The molecule has 0 amide bonds. The maximum atomic E-state index is 3.68. The van der Waals surface area contributed by atoms with Crippen molar-refractivity contribution in [1.82, 2.24) is 5.32 Å². The second-order valence-electron chi connectivity index (χ2n) is 4.97. The fraction of sp³-hybridized carbons (Fsp3) is 0.500. The minimum absolute atomic E-state index is 0.486. The van der Waals surface area contributed by atoms with Crippen LogP contribution in [0.4, 0.5) is 0 Å². The van der Waals surface area contributed by atoms with Gasteiger partial charge in [-0.1, -0.05) is 46.6 Å². The predicted molar refractivity (Wildman–Crippen MR) is 81.7 cm³/mol. The van der Waals surface area contributed by atoms with Crippen molar-refractivity contribution >= 4 is 15.9 Å². The van der Waals surface area contributed by atoms with Gasteiger partial charge in [0.1, 0.15) is 0 Å². The zero-order valence-corrected chi connectivity index (χ0v) is 12.7. The minimum Gasteiger partial charge on any atom is -0.310 e. The summed E-state index contributed by atoms with van der Waals surface area (Å²) in [6.07, 6.45) is 8.74. The van der Waals surface area contributed by atoms with Crippen LogP contribution in [-0.2, 0) is 0 Å². The van der Waals surface area contributed by atoms with Crippen LogP contribution in [0.15, 0.2) is 40.4 Å². The standard InChI is InChI=1S/C16H22BrN/c1-2-16(14-7-9-15(17)10-8-14)18-12-11-13-5-3-4-6-13/h5,7-10,16,18H,2-4,6,11-12H2,1H3. The highest BCUT2D eigenvalue weighted by Crippen LogP contribution is 2.22. The Bertz CT molecular complexity index is 394. The number of allylic oxidation sites excluding steroid dienone is 1. The molecule has 1 atom stereocenters. The first kappa shape index (κ1) is 13.8. The third-order valence-electron chi connectivity index (χ3n) is 3.65. The lowest BCUT2D eigenvalue weighted by molar-refractivity contribution is 0.520. The van der Waals surface area contributed by atoms with E-state index in [0.29, 0.717) is 6.04 Å². The SMILES string of the molecule is CCC(NCCC1=CCCC1)c1ccc(Br)cc1. The summed E-state index contributed by atoms with van der Waals surface area (Å²) in [7, 11) is 0. The Balaban J connectivity index is 1.83. The second-order valence-corrected chi connectivity index (χ2v) is 5.89. The molecular weight excluding hydrogens is 286 g/mol. The summed E-state index contributed by atoms with van der Waals surface area (Å²) in [5.41, 5.74) is 3.04. The number of nitrogens with one attached hydrogen (secondary N) is 1. The van der Waals surface area contributed by atoms with Crippen molar-refractivity contribution in [2.45, 2.75) is 45.1 Å². The molecule has 0 aromatic heterocycles. The molecule has 1 unspecified atom stereocenters. The van der Waals surface area contributed by atoms with E-state index >= 15 is 0 Å². The van der Waals surface area contributed by atoms with Gasteiger partial charge in [0, 0.05) is 10.5 Å². The molecule has 0 heterocycles. The van der Waals surface area contributed by atoms with Gasteiger partial charge in [0.25, 0.3) is 0 Å². The van der Waals surface area contributed by atoms with E-state index < -0.39 is 0 Å². The summed E-state index contributed by atoms with van der Waals surface area (Å²) in [6.45, 7) is 3.34. The zero-order chi connectivity index (χ0) is 12.8. The van der Waals surface area contributed by atoms with E-state index in [9.17, 15) is 0 Å². The molecule has 0 aliphatic heterocycles. The predicted octanol–water partition coefficient (Wildman–Crippen LogP) is 4.99. The van der Waals surface area contributed by atoms with Gasteiger partial charge in [0.05, 0.1) is 0 Å². The molecule has 0 saturated carbocycles. The molecule has 0 fully saturated rings. The highest BCUT2D eigenvalue weighted by atomic mass is 79.9. The fourth-order valence-corrected chi connectivity index (χ4v) is 2.83. The van der Waals surface area contributed by atoms with Crippen molar-refractivity contribution in [1.29, 1.82) is 0 Å². The summed E-state index contributed by atoms with van der Waals surface area (Å²) < 4.78 is 1.15. The largest absolute Gasteiger partial charge is 0.310 e. The van der Waals surface area contributed by atoms with Gasteiger partial charge in [-0.15, -0.1) is 0 Å². The lowest BCUT2D eigenvalue weighted by Gasteiger charge is -2.17. The van der Waals surface area contributed by atoms with Crippen LogP contribution in [0.2, 0.25) is 0 Å². The minimum atomic E-state index is 0.486. The second kappa shape index (κ2) is 7.10. The maximum absolute atomic E-state index is 3.68. The van der Waals surface area contributed by atoms with Crippen molar-refractivity contribution in [2.24, 2.45) is 0 Å². The van der Waals surface area contributed by atoms with Crippen molar-refractivity contribution in [2.75, 3.05) is 6.54 Å². The summed E-state index contributed by atoms with van der Waals surface area (Å²) in [4.78, 5) is 0. The summed E-state index contributed by atoms with van der Waals surface area (Å²) in [5.74, 6) is 0. The Morgan fingerprint density at radius 3 is 2.67 bits per heavy atom. The van der Waals surface area contributed by atoms with Crippen LogP contribution in [0.5, 0.6) is 0 Å². The fourth-order valence-electron chi connectivity index (χ4n) is 2.56. The monoisotopic (exact) mass is 307 g/mol. The average Bonchev–Trinajstić information content (AvgIpc) is 2.89. The zero-order valence-electron chi connectivity index (χ0n) is 11.1. The quantitative estimate of drug-likeness (QED) is 0.730. The van der Waals surface area contributed by atoms with Gasteiger partial charge in [-0.2, -0.15) is 0 Å². The molecule has 98 valence electrons. The summed E-state index contributed by atoms with van der Waals surface area (Å²) in [5, 5.41) is 3.68. The van der Waals surface area contributed by atoms with Gasteiger partial charge in [-0.05, 0) is 56.3 Å². The number of hydrogen-bond donors (Lipinski definition) is 1. The highest BCUT2D eigenvalue weighted by molar-refractivity contribution is 9.10. The van der Waals surface area contributed by atoms with Crippen LogP contribution < -0.4 is 5.32 Å². The smallest absolute Gasteiger partial charge is 0.0317 e. The number of rotatable bonds is 6. The molecule has 2 rings (SSSR count). The van der Waals surface area contributed by atoms with E-state index in [4.69, 9.17) is 0 Å². The van der Waals surface area contributed by atoms with Crippen molar-refractivity contribution in [3.63, 3.8) is 0 Å². The lowest BCUT2D eigenvalue weighted by Crippen LogP contribution is -2.22. The van der Waals surface area contributed by atoms with Crippen molar-refractivity contribution in [3.05, 3.63) is 46.0 Å². The topological polar surface area (TPSA) is 12.0 Å². The highest BCUT2D eigenvalue weighted by Gasteiger charge is 2.09. The van der Waals surface area contributed by atoms with Crippen LogP contribution in [0.3, 0.4) is 0 Å². The van der Waals surface area contributed by atoms with Gasteiger partial charge in [-0.25, -0.2) is 0 Å². The molecular formula is C16H22BrN. The van der Waals surface area contributed by atoms with Crippen LogP contribution in [0.1, 0.15) is 50.6 Å². The molecule has 0 radical (unpaired) electrons. The maximum Gasteiger partial charge on any atom is 0.0317 e. The molecule has 0 bridgehead atoms. The molecule has 18 heavy (non-hydrogen) atoms. The molecule has 1 aliphatic rings. The average molecular weight is 308 g/mol. The molecule has 1 nitrogen and oxygen atoms in total. The Morgan fingerprint density at radius 2 is 2.06 bits per heavy atom. The third-order valence-corrected chi connectivity index (χ3v) is 4.18. The van der Waals surface area contributed by atoms with Gasteiger partial charge in [0.15, 0.2) is 0 Å². The van der Waals surface area contributed by atoms with Crippen molar-refractivity contribution in [3.8, 4) is 0 Å². The molecule has 1 aromatic carbocycles. The van der Waals surface area contributed by atoms with Crippen LogP contribution >= 0.6 is 15.9 Å². The Labute approximate surface area is 119 Å². The first-order valence-electron chi connectivity index (χ1n) is 6.96. The third kappa shape index (κ3) is 3.96. The first-order valence-corrected chi connectivity index (χ1v) is 7.75. The van der Waals surface area contributed by atoms with Crippen LogP contribution in [-0.4, -0.2) is 6.54 Å². The van der Waals surface area contributed by atoms with E-state index in [1.165, 1.54) is 31.2 Å².